The molecule has 0 spiro atoms. The Labute approximate surface area is 156 Å². The van der Waals surface area contributed by atoms with Crippen molar-refractivity contribution in [2.45, 2.75) is 13.0 Å². The van der Waals surface area contributed by atoms with E-state index in [0.29, 0.717) is 16.9 Å². The molecule has 7 nitrogen and oxygen atoms in total. The average molecular weight is 376 g/mol. The SMILES string of the molecule is COc1cc(C(=O)NC(C)c2cc(F)ccc2OC)ccc1OCC(N)=O. The number of ether oxygens (including phenoxy) is 3. The molecule has 1 unspecified atom stereocenters. The van der Waals surface area contributed by atoms with Gasteiger partial charge in [0.05, 0.1) is 20.3 Å². The minimum Gasteiger partial charge on any atom is -0.496 e. The van der Waals surface area contributed by atoms with Crippen molar-refractivity contribution < 1.29 is 28.2 Å². The second kappa shape index (κ2) is 8.88. The molecule has 0 aliphatic heterocycles. The summed E-state index contributed by atoms with van der Waals surface area (Å²) in [5.41, 5.74) is 5.87. The molecule has 1 atom stereocenters. The number of primary amides is 1. The smallest absolute Gasteiger partial charge is 0.255 e. The predicted molar refractivity (Wildman–Crippen MR) is 96.5 cm³/mol. The molecule has 144 valence electrons. The van der Waals surface area contributed by atoms with Gasteiger partial charge in [0.15, 0.2) is 18.1 Å². The van der Waals surface area contributed by atoms with Crippen molar-refractivity contribution in [2.24, 2.45) is 5.73 Å². The van der Waals surface area contributed by atoms with Crippen LogP contribution in [-0.2, 0) is 4.79 Å². The highest BCUT2D eigenvalue weighted by atomic mass is 19.1. The Balaban J connectivity index is 2.18. The highest BCUT2D eigenvalue weighted by Gasteiger charge is 2.17. The standard InChI is InChI=1S/C19H21FN2O5/c1-11(14-9-13(20)5-7-15(14)25-2)22-19(24)12-4-6-16(17(8-12)26-3)27-10-18(21)23/h4-9,11H,10H2,1-3H3,(H2,21,23)(H,22,24). The van der Waals surface area contributed by atoms with Crippen LogP contribution in [0.15, 0.2) is 36.4 Å². The number of amides is 2. The van der Waals surface area contributed by atoms with E-state index in [-0.39, 0.29) is 18.1 Å². The highest BCUT2D eigenvalue weighted by Crippen LogP contribution is 2.29. The minimum absolute atomic E-state index is 0.278. The Kier molecular flexibility index (Phi) is 6.59. The second-order valence-electron chi connectivity index (χ2n) is 5.70. The summed E-state index contributed by atoms with van der Waals surface area (Å²) in [5.74, 6) is -0.417. The summed E-state index contributed by atoms with van der Waals surface area (Å²) < 4.78 is 29.2. The first-order chi connectivity index (χ1) is 12.8. The lowest BCUT2D eigenvalue weighted by atomic mass is 10.1. The minimum atomic E-state index is -0.628. The van der Waals surface area contributed by atoms with Crippen molar-refractivity contribution >= 4 is 11.8 Å². The van der Waals surface area contributed by atoms with Gasteiger partial charge in [0.1, 0.15) is 11.6 Å². The number of benzene rings is 2. The maximum atomic E-state index is 13.5. The summed E-state index contributed by atoms with van der Waals surface area (Å²) >= 11 is 0. The van der Waals surface area contributed by atoms with Crippen LogP contribution in [0.25, 0.3) is 0 Å². The summed E-state index contributed by atoms with van der Waals surface area (Å²) in [7, 11) is 2.88. The van der Waals surface area contributed by atoms with Gasteiger partial charge in [0, 0.05) is 11.1 Å². The number of carbonyl (C=O) groups is 2. The molecule has 8 heteroatoms. The number of hydrogen-bond acceptors (Lipinski definition) is 5. The van der Waals surface area contributed by atoms with Crippen molar-refractivity contribution in [3.05, 3.63) is 53.3 Å². The molecule has 2 rings (SSSR count). The average Bonchev–Trinajstić information content (AvgIpc) is 2.65. The van der Waals surface area contributed by atoms with Gasteiger partial charge in [0.25, 0.3) is 11.8 Å². The molecule has 0 aromatic heterocycles. The molecule has 2 amide bonds. The molecule has 0 radical (unpaired) electrons. The normalized spacial score (nSPS) is 11.4. The number of nitrogens with two attached hydrogens (primary N) is 1. The van der Waals surface area contributed by atoms with Crippen LogP contribution in [0.4, 0.5) is 4.39 Å². The first-order valence-corrected chi connectivity index (χ1v) is 8.09. The fraction of sp³-hybridized carbons (Fsp3) is 0.263. The molecule has 0 fully saturated rings. The fourth-order valence-corrected chi connectivity index (χ4v) is 2.48. The van der Waals surface area contributed by atoms with Gasteiger partial charge in [-0.3, -0.25) is 9.59 Å². The monoisotopic (exact) mass is 376 g/mol. The van der Waals surface area contributed by atoms with E-state index in [1.165, 1.54) is 50.6 Å². The molecule has 0 aliphatic carbocycles. The Bertz CT molecular complexity index is 841. The van der Waals surface area contributed by atoms with Crippen LogP contribution in [0, 0.1) is 5.82 Å². The van der Waals surface area contributed by atoms with Gasteiger partial charge in [0.2, 0.25) is 0 Å². The number of halogens is 1. The molecule has 2 aromatic carbocycles. The third-order valence-corrected chi connectivity index (χ3v) is 3.80. The van der Waals surface area contributed by atoms with Crippen LogP contribution in [-0.4, -0.2) is 32.6 Å². The van der Waals surface area contributed by atoms with E-state index in [1.54, 1.807) is 6.92 Å². The van der Waals surface area contributed by atoms with E-state index in [2.05, 4.69) is 5.32 Å². The Morgan fingerprint density at radius 2 is 1.74 bits per heavy atom. The molecule has 2 aromatic rings. The lowest BCUT2D eigenvalue weighted by Gasteiger charge is -2.18. The topological polar surface area (TPSA) is 99.9 Å². The van der Waals surface area contributed by atoms with Gasteiger partial charge in [-0.05, 0) is 43.3 Å². The van der Waals surface area contributed by atoms with Crippen LogP contribution >= 0.6 is 0 Å². The quantitative estimate of drug-likeness (QED) is 0.736. The van der Waals surface area contributed by atoms with E-state index in [4.69, 9.17) is 19.9 Å². The Morgan fingerprint density at radius 1 is 1.07 bits per heavy atom. The van der Waals surface area contributed by atoms with Gasteiger partial charge in [-0.15, -0.1) is 0 Å². The summed E-state index contributed by atoms with van der Waals surface area (Å²) in [6, 6.07) is 8.09. The number of methoxy groups -OCH3 is 2. The number of carbonyl (C=O) groups excluding carboxylic acids is 2. The largest absolute Gasteiger partial charge is 0.496 e. The number of hydrogen-bond donors (Lipinski definition) is 2. The molecule has 0 saturated heterocycles. The van der Waals surface area contributed by atoms with E-state index in [1.807, 2.05) is 0 Å². The third-order valence-electron chi connectivity index (χ3n) is 3.80. The Morgan fingerprint density at radius 3 is 2.37 bits per heavy atom. The molecule has 0 saturated carbocycles. The first-order valence-electron chi connectivity index (χ1n) is 8.09. The molecule has 0 bridgehead atoms. The number of rotatable bonds is 8. The fourth-order valence-electron chi connectivity index (χ4n) is 2.48. The summed E-state index contributed by atoms with van der Waals surface area (Å²) in [6.45, 7) is 1.41. The number of nitrogens with one attached hydrogen (secondary N) is 1. The summed E-state index contributed by atoms with van der Waals surface area (Å²) in [6.07, 6.45) is 0. The summed E-state index contributed by atoms with van der Waals surface area (Å²) in [4.78, 5) is 23.4. The third kappa shape index (κ3) is 5.10. The molecular formula is C19H21FN2O5. The van der Waals surface area contributed by atoms with Crippen LogP contribution in [0.2, 0.25) is 0 Å². The summed E-state index contributed by atoms with van der Waals surface area (Å²) in [5, 5.41) is 2.78. The van der Waals surface area contributed by atoms with Gasteiger partial charge in [-0.25, -0.2) is 4.39 Å². The van der Waals surface area contributed by atoms with Crippen molar-refractivity contribution in [3.63, 3.8) is 0 Å². The zero-order chi connectivity index (χ0) is 20.0. The highest BCUT2D eigenvalue weighted by molar-refractivity contribution is 5.95. The molecule has 3 N–H and O–H groups in total. The van der Waals surface area contributed by atoms with E-state index >= 15 is 0 Å². The van der Waals surface area contributed by atoms with Crippen molar-refractivity contribution in [3.8, 4) is 17.2 Å². The van der Waals surface area contributed by atoms with E-state index in [9.17, 15) is 14.0 Å². The van der Waals surface area contributed by atoms with Gasteiger partial charge < -0.3 is 25.3 Å². The van der Waals surface area contributed by atoms with Crippen LogP contribution in [0.3, 0.4) is 0 Å². The lowest BCUT2D eigenvalue weighted by molar-refractivity contribution is -0.119. The molecular weight excluding hydrogens is 355 g/mol. The molecule has 27 heavy (non-hydrogen) atoms. The van der Waals surface area contributed by atoms with E-state index < -0.39 is 23.7 Å². The molecule has 0 aliphatic rings. The van der Waals surface area contributed by atoms with E-state index in [0.717, 1.165) is 0 Å². The van der Waals surface area contributed by atoms with Crippen molar-refractivity contribution in [1.82, 2.24) is 5.32 Å². The Hall–Kier alpha value is -3.29. The van der Waals surface area contributed by atoms with Crippen molar-refractivity contribution in [2.75, 3.05) is 20.8 Å². The maximum Gasteiger partial charge on any atom is 0.255 e. The lowest BCUT2D eigenvalue weighted by Crippen LogP contribution is -2.27. The first kappa shape index (κ1) is 20.0. The molecule has 0 heterocycles. The van der Waals surface area contributed by atoms with Crippen LogP contribution < -0.4 is 25.3 Å². The zero-order valence-electron chi connectivity index (χ0n) is 15.2. The van der Waals surface area contributed by atoms with Crippen LogP contribution in [0.1, 0.15) is 28.9 Å². The maximum absolute atomic E-state index is 13.5. The van der Waals surface area contributed by atoms with Gasteiger partial charge in [-0.2, -0.15) is 0 Å². The zero-order valence-corrected chi connectivity index (χ0v) is 15.2. The predicted octanol–water partition coefficient (Wildman–Crippen LogP) is 2.20. The van der Waals surface area contributed by atoms with Gasteiger partial charge >= 0.3 is 0 Å². The van der Waals surface area contributed by atoms with Gasteiger partial charge in [-0.1, -0.05) is 0 Å². The van der Waals surface area contributed by atoms with Crippen LogP contribution in [0.5, 0.6) is 17.2 Å². The second-order valence-corrected chi connectivity index (χ2v) is 5.70. The van der Waals surface area contributed by atoms with Crippen molar-refractivity contribution in [1.29, 1.82) is 0 Å².